The van der Waals surface area contributed by atoms with Gasteiger partial charge in [0.1, 0.15) is 4.90 Å². The molecule has 1 aromatic carbocycles. The van der Waals surface area contributed by atoms with E-state index >= 15 is 0 Å². The van der Waals surface area contributed by atoms with E-state index in [4.69, 9.17) is 16.7 Å². The number of benzene rings is 1. The van der Waals surface area contributed by atoms with E-state index in [1.165, 1.54) is 10.4 Å². The van der Waals surface area contributed by atoms with Gasteiger partial charge < -0.3 is 5.11 Å². The van der Waals surface area contributed by atoms with Crippen LogP contribution in [0.5, 0.6) is 0 Å². The van der Waals surface area contributed by atoms with E-state index in [2.05, 4.69) is 15.9 Å². The van der Waals surface area contributed by atoms with Gasteiger partial charge in [-0.25, -0.2) is 8.42 Å². The Labute approximate surface area is 130 Å². The van der Waals surface area contributed by atoms with E-state index in [-0.39, 0.29) is 28.9 Å². The molecule has 1 N–H and O–H groups in total. The van der Waals surface area contributed by atoms with Crippen molar-refractivity contribution < 1.29 is 18.3 Å². The van der Waals surface area contributed by atoms with Crippen molar-refractivity contribution >= 4 is 43.5 Å². The second-order valence-electron chi connectivity index (χ2n) is 4.79. The molecule has 0 spiro atoms. The minimum atomic E-state index is -3.81. The Kier molecular flexibility index (Phi) is 4.44. The van der Waals surface area contributed by atoms with Gasteiger partial charge in [0, 0.05) is 17.6 Å². The van der Waals surface area contributed by atoms with Crippen molar-refractivity contribution in [3.05, 3.63) is 27.7 Å². The number of carbonyl (C=O) groups is 1. The normalized spacial score (nSPS) is 23.9. The molecule has 1 heterocycles. The van der Waals surface area contributed by atoms with Crippen LogP contribution >= 0.6 is 27.5 Å². The quantitative estimate of drug-likeness (QED) is 0.871. The number of aliphatic carboxylic acids is 1. The summed E-state index contributed by atoms with van der Waals surface area (Å²) < 4.78 is 26.8. The van der Waals surface area contributed by atoms with Crippen molar-refractivity contribution in [2.45, 2.75) is 11.8 Å². The van der Waals surface area contributed by atoms with Crippen molar-refractivity contribution in [2.24, 2.45) is 11.8 Å². The number of carboxylic acid groups (broad SMARTS) is 1. The summed E-state index contributed by atoms with van der Waals surface area (Å²) in [6.45, 7) is 1.88. The van der Waals surface area contributed by atoms with Crippen molar-refractivity contribution in [1.82, 2.24) is 4.31 Å². The first-order valence-electron chi connectivity index (χ1n) is 5.92. The topological polar surface area (TPSA) is 74.7 Å². The molecular formula is C12H13BrClNO4S. The lowest BCUT2D eigenvalue weighted by molar-refractivity contribution is -0.142. The maximum atomic E-state index is 12.6. The molecule has 5 nitrogen and oxygen atoms in total. The fraction of sp³-hybridized carbons (Fsp3) is 0.417. The van der Waals surface area contributed by atoms with Crippen LogP contribution in [-0.4, -0.2) is 36.9 Å². The highest BCUT2D eigenvalue weighted by Gasteiger charge is 2.41. The Morgan fingerprint density at radius 3 is 2.60 bits per heavy atom. The summed E-state index contributed by atoms with van der Waals surface area (Å²) in [6, 6.07) is 4.72. The average Bonchev–Trinajstić information content (AvgIpc) is 2.71. The highest BCUT2D eigenvalue weighted by molar-refractivity contribution is 9.10. The van der Waals surface area contributed by atoms with E-state index in [0.717, 1.165) is 0 Å². The van der Waals surface area contributed by atoms with Gasteiger partial charge in [0.2, 0.25) is 10.0 Å². The van der Waals surface area contributed by atoms with Gasteiger partial charge in [-0.2, -0.15) is 4.31 Å². The van der Waals surface area contributed by atoms with Crippen LogP contribution in [0.15, 0.2) is 27.6 Å². The SMILES string of the molecule is C[C@@H]1CN(S(=O)(=O)c2c(Cl)cccc2Br)C[C@H]1C(=O)O. The maximum Gasteiger partial charge on any atom is 0.308 e. The van der Waals surface area contributed by atoms with Gasteiger partial charge in [-0.1, -0.05) is 24.6 Å². The van der Waals surface area contributed by atoms with Crippen LogP contribution in [0.3, 0.4) is 0 Å². The van der Waals surface area contributed by atoms with Crippen LogP contribution in [0.4, 0.5) is 0 Å². The van der Waals surface area contributed by atoms with Crippen LogP contribution in [-0.2, 0) is 14.8 Å². The number of halogens is 2. The minimum absolute atomic E-state index is 0.0140. The molecule has 1 aliphatic rings. The molecule has 0 aromatic heterocycles. The molecule has 0 aliphatic carbocycles. The number of rotatable bonds is 3. The van der Waals surface area contributed by atoms with Gasteiger partial charge in [-0.05, 0) is 34.0 Å². The predicted octanol–water partition coefficient (Wildman–Crippen LogP) is 2.44. The van der Waals surface area contributed by atoms with E-state index in [1.807, 2.05) is 0 Å². The first kappa shape index (κ1) is 15.8. The number of nitrogens with zero attached hydrogens (tertiary/aromatic N) is 1. The van der Waals surface area contributed by atoms with Crippen molar-refractivity contribution in [3.63, 3.8) is 0 Å². The molecule has 110 valence electrons. The monoisotopic (exact) mass is 381 g/mol. The fourth-order valence-corrected chi connectivity index (χ4v) is 5.53. The molecule has 1 aliphatic heterocycles. The highest BCUT2D eigenvalue weighted by Crippen LogP contribution is 2.35. The van der Waals surface area contributed by atoms with Gasteiger partial charge in [-0.15, -0.1) is 0 Å². The van der Waals surface area contributed by atoms with Crippen LogP contribution in [0.2, 0.25) is 5.02 Å². The third-order valence-electron chi connectivity index (χ3n) is 3.41. The molecule has 0 saturated carbocycles. The summed E-state index contributed by atoms with van der Waals surface area (Å²) >= 11 is 9.16. The Morgan fingerprint density at radius 1 is 1.45 bits per heavy atom. The molecule has 1 fully saturated rings. The highest BCUT2D eigenvalue weighted by atomic mass is 79.9. The van der Waals surface area contributed by atoms with Crippen molar-refractivity contribution in [3.8, 4) is 0 Å². The molecule has 2 atom stereocenters. The van der Waals surface area contributed by atoms with Crippen LogP contribution in [0.25, 0.3) is 0 Å². The Hall–Kier alpha value is -0.630. The van der Waals surface area contributed by atoms with Crippen molar-refractivity contribution in [2.75, 3.05) is 13.1 Å². The summed E-state index contributed by atoms with van der Waals surface area (Å²) in [5, 5.41) is 9.21. The minimum Gasteiger partial charge on any atom is -0.481 e. The van der Waals surface area contributed by atoms with Gasteiger partial charge in [0.15, 0.2) is 0 Å². The zero-order valence-corrected chi connectivity index (χ0v) is 13.7. The second-order valence-corrected chi connectivity index (χ2v) is 7.93. The van der Waals surface area contributed by atoms with E-state index in [1.54, 1.807) is 19.1 Å². The van der Waals surface area contributed by atoms with Crippen LogP contribution in [0, 0.1) is 11.8 Å². The zero-order valence-electron chi connectivity index (χ0n) is 10.6. The third-order valence-corrected chi connectivity index (χ3v) is 6.70. The molecule has 0 amide bonds. The maximum absolute atomic E-state index is 12.6. The predicted molar refractivity (Wildman–Crippen MR) is 78.2 cm³/mol. The lowest BCUT2D eigenvalue weighted by Gasteiger charge is -2.18. The van der Waals surface area contributed by atoms with Crippen LogP contribution < -0.4 is 0 Å². The number of sulfonamides is 1. The van der Waals surface area contributed by atoms with E-state index in [0.29, 0.717) is 4.47 Å². The zero-order chi connectivity index (χ0) is 15.1. The largest absolute Gasteiger partial charge is 0.481 e. The summed E-state index contributed by atoms with van der Waals surface area (Å²) in [7, 11) is -3.81. The third kappa shape index (κ3) is 2.72. The Bertz CT molecular complexity index is 629. The van der Waals surface area contributed by atoms with Crippen molar-refractivity contribution in [1.29, 1.82) is 0 Å². The molecule has 1 aromatic rings. The smallest absolute Gasteiger partial charge is 0.308 e. The second kappa shape index (κ2) is 5.63. The van der Waals surface area contributed by atoms with Gasteiger partial charge in [0.25, 0.3) is 0 Å². The summed E-state index contributed by atoms with van der Waals surface area (Å²) in [5.41, 5.74) is 0. The standard InChI is InChI=1S/C12H13BrClNO4S/c1-7-5-15(6-8(7)12(16)17)20(18,19)11-9(13)3-2-4-10(11)14/h2-4,7-8H,5-6H2,1H3,(H,16,17)/t7-,8-/m1/s1. The fourth-order valence-electron chi connectivity index (χ4n) is 2.30. The van der Waals surface area contributed by atoms with Crippen LogP contribution in [0.1, 0.15) is 6.92 Å². The van der Waals surface area contributed by atoms with Gasteiger partial charge in [0.05, 0.1) is 10.9 Å². The Balaban J connectivity index is 2.40. The van der Waals surface area contributed by atoms with Gasteiger partial charge >= 0.3 is 5.97 Å². The number of carboxylic acids is 1. The molecule has 0 radical (unpaired) electrons. The summed E-state index contributed by atoms with van der Waals surface area (Å²) in [5.74, 6) is -1.90. The first-order valence-corrected chi connectivity index (χ1v) is 8.53. The molecule has 2 rings (SSSR count). The molecule has 20 heavy (non-hydrogen) atoms. The van der Waals surface area contributed by atoms with E-state index < -0.39 is 21.9 Å². The summed E-state index contributed by atoms with van der Waals surface area (Å²) in [4.78, 5) is 11.1. The lowest BCUT2D eigenvalue weighted by atomic mass is 9.99. The van der Waals surface area contributed by atoms with E-state index in [9.17, 15) is 13.2 Å². The lowest BCUT2D eigenvalue weighted by Crippen LogP contribution is -2.30. The summed E-state index contributed by atoms with van der Waals surface area (Å²) in [6.07, 6.45) is 0. The number of hydrogen-bond donors (Lipinski definition) is 1. The first-order chi connectivity index (χ1) is 9.25. The van der Waals surface area contributed by atoms with Gasteiger partial charge in [-0.3, -0.25) is 4.79 Å². The average molecular weight is 383 g/mol. The molecular weight excluding hydrogens is 370 g/mol. The Morgan fingerprint density at radius 2 is 2.10 bits per heavy atom. The molecule has 1 saturated heterocycles. The number of hydrogen-bond acceptors (Lipinski definition) is 3. The molecule has 8 heteroatoms. The molecule has 0 bridgehead atoms. The molecule has 0 unspecified atom stereocenters.